The van der Waals surface area contributed by atoms with Crippen LogP contribution in [-0.2, 0) is 19.6 Å². The molecule has 0 spiro atoms. The molecule has 0 saturated heterocycles. The van der Waals surface area contributed by atoms with E-state index in [1.807, 2.05) is 0 Å². The predicted molar refractivity (Wildman–Crippen MR) is 124 cm³/mol. The fourth-order valence-electron chi connectivity index (χ4n) is 3.31. The number of rotatable bonds is 8. The summed E-state index contributed by atoms with van der Waals surface area (Å²) in [6, 6.07) is 17.9. The number of hydrogen-bond acceptors (Lipinski definition) is 5. The predicted octanol–water partition coefficient (Wildman–Crippen LogP) is 4.11. The number of aryl methyl sites for hydroxylation is 1. The molecule has 3 aromatic carbocycles. The first-order valence-electron chi connectivity index (χ1n) is 10.7. The van der Waals surface area contributed by atoms with Crippen molar-refractivity contribution >= 4 is 27.6 Å². The van der Waals surface area contributed by atoms with Gasteiger partial charge in [0.15, 0.2) is 0 Å². The second-order valence-electron chi connectivity index (χ2n) is 8.04. The number of carbonyl (C=O) groups excluding carboxylic acids is 2. The van der Waals surface area contributed by atoms with Crippen molar-refractivity contribution in [2.45, 2.75) is 36.8 Å². The third-order valence-corrected chi connectivity index (χ3v) is 6.71. The SMILES string of the molecule is Cc1ccc(S(=O)(=O)Nc2ccccc2F)cc1C(=O)O[C@H](C(=O)NC1CC1)c1ccccc1. The lowest BCUT2D eigenvalue weighted by Crippen LogP contribution is -2.33. The van der Waals surface area contributed by atoms with Crippen LogP contribution in [0.1, 0.15) is 40.4 Å². The van der Waals surface area contributed by atoms with Crippen LogP contribution >= 0.6 is 0 Å². The van der Waals surface area contributed by atoms with Crippen LogP contribution in [0.15, 0.2) is 77.7 Å². The van der Waals surface area contributed by atoms with Crippen LogP contribution in [0.5, 0.6) is 0 Å². The Morgan fingerprint density at radius 3 is 2.35 bits per heavy atom. The topological polar surface area (TPSA) is 102 Å². The number of sulfonamides is 1. The third kappa shape index (κ3) is 5.43. The van der Waals surface area contributed by atoms with E-state index in [2.05, 4.69) is 10.0 Å². The van der Waals surface area contributed by atoms with Crippen molar-refractivity contribution in [3.05, 3.63) is 95.3 Å². The van der Waals surface area contributed by atoms with E-state index in [0.29, 0.717) is 11.1 Å². The van der Waals surface area contributed by atoms with Gasteiger partial charge in [-0.05, 0) is 49.6 Å². The molecule has 0 bridgehead atoms. The molecular weight excluding hydrogens is 459 g/mol. The number of ether oxygens (including phenoxy) is 1. The standard InChI is InChI=1S/C25H23FN2O5S/c1-16-11-14-19(34(31,32)28-22-10-6-5-9-21(22)26)15-20(16)25(30)33-23(17-7-3-2-4-8-17)24(29)27-18-12-13-18/h2-11,14-15,18,23,28H,12-13H2,1H3,(H,27,29)/t23-/m0/s1. The number of anilines is 1. The highest BCUT2D eigenvalue weighted by atomic mass is 32.2. The quantitative estimate of drug-likeness (QED) is 0.471. The summed E-state index contributed by atoms with van der Waals surface area (Å²) in [4.78, 5) is 25.6. The third-order valence-electron chi connectivity index (χ3n) is 5.35. The van der Waals surface area contributed by atoms with Crippen LogP contribution < -0.4 is 10.0 Å². The molecule has 0 radical (unpaired) electrons. The van der Waals surface area contributed by atoms with Gasteiger partial charge in [-0.25, -0.2) is 17.6 Å². The molecule has 7 nitrogen and oxygen atoms in total. The average Bonchev–Trinajstić information content (AvgIpc) is 3.63. The van der Waals surface area contributed by atoms with Crippen molar-refractivity contribution in [3.63, 3.8) is 0 Å². The number of nitrogens with one attached hydrogen (secondary N) is 2. The van der Waals surface area contributed by atoms with Gasteiger partial charge in [-0.3, -0.25) is 9.52 Å². The Bertz CT molecular complexity index is 1320. The first-order valence-corrected chi connectivity index (χ1v) is 12.2. The van der Waals surface area contributed by atoms with E-state index in [4.69, 9.17) is 4.74 Å². The summed E-state index contributed by atoms with van der Waals surface area (Å²) in [6.45, 7) is 1.62. The summed E-state index contributed by atoms with van der Waals surface area (Å²) < 4.78 is 47.4. The zero-order valence-corrected chi connectivity index (χ0v) is 19.1. The molecule has 1 aliphatic carbocycles. The minimum absolute atomic E-state index is 0.0171. The highest BCUT2D eigenvalue weighted by Crippen LogP contribution is 2.26. The lowest BCUT2D eigenvalue weighted by molar-refractivity contribution is -0.130. The Kier molecular flexibility index (Phi) is 6.65. The van der Waals surface area contributed by atoms with E-state index in [9.17, 15) is 22.4 Å². The summed E-state index contributed by atoms with van der Waals surface area (Å²) in [5.41, 5.74) is 0.727. The summed E-state index contributed by atoms with van der Waals surface area (Å²) in [6.07, 6.45) is 0.551. The molecule has 1 amide bonds. The molecule has 3 aromatic rings. The number of para-hydroxylation sites is 1. The lowest BCUT2D eigenvalue weighted by atomic mass is 10.1. The summed E-state index contributed by atoms with van der Waals surface area (Å²) in [7, 11) is -4.19. The van der Waals surface area contributed by atoms with Crippen molar-refractivity contribution in [1.29, 1.82) is 0 Å². The minimum Gasteiger partial charge on any atom is -0.444 e. The van der Waals surface area contributed by atoms with E-state index in [-0.39, 0.29) is 22.2 Å². The van der Waals surface area contributed by atoms with Crippen LogP contribution in [0.4, 0.5) is 10.1 Å². The van der Waals surface area contributed by atoms with E-state index in [1.54, 1.807) is 37.3 Å². The van der Waals surface area contributed by atoms with Crippen LogP contribution in [0.3, 0.4) is 0 Å². The zero-order chi connectivity index (χ0) is 24.3. The van der Waals surface area contributed by atoms with Crippen LogP contribution in [-0.4, -0.2) is 26.3 Å². The Balaban J connectivity index is 1.60. The lowest BCUT2D eigenvalue weighted by Gasteiger charge is -2.19. The number of carbonyl (C=O) groups is 2. The molecule has 1 aliphatic rings. The van der Waals surface area contributed by atoms with Gasteiger partial charge in [0.05, 0.1) is 16.1 Å². The van der Waals surface area contributed by atoms with Crippen molar-refractivity contribution in [1.82, 2.24) is 5.32 Å². The second kappa shape index (κ2) is 9.64. The van der Waals surface area contributed by atoms with E-state index >= 15 is 0 Å². The highest BCUT2D eigenvalue weighted by molar-refractivity contribution is 7.92. The van der Waals surface area contributed by atoms with Crippen molar-refractivity contribution in [3.8, 4) is 0 Å². The van der Waals surface area contributed by atoms with Gasteiger partial charge in [-0.2, -0.15) is 0 Å². The molecule has 1 saturated carbocycles. The maximum absolute atomic E-state index is 13.9. The summed E-state index contributed by atoms with van der Waals surface area (Å²) in [5.74, 6) is -2.02. The van der Waals surface area contributed by atoms with E-state index in [1.165, 1.54) is 30.3 Å². The Hall–Kier alpha value is -3.72. The van der Waals surface area contributed by atoms with Gasteiger partial charge in [0.2, 0.25) is 6.10 Å². The monoisotopic (exact) mass is 482 g/mol. The molecular formula is C25H23FN2O5S. The number of halogens is 1. The highest BCUT2D eigenvalue weighted by Gasteiger charge is 2.31. The fraction of sp³-hybridized carbons (Fsp3) is 0.200. The smallest absolute Gasteiger partial charge is 0.339 e. The Labute approximate surface area is 197 Å². The normalized spacial score (nSPS) is 14.2. The minimum atomic E-state index is -4.19. The van der Waals surface area contributed by atoms with Gasteiger partial charge in [-0.1, -0.05) is 48.5 Å². The maximum atomic E-state index is 13.9. The summed E-state index contributed by atoms with van der Waals surface area (Å²) in [5, 5.41) is 2.83. The summed E-state index contributed by atoms with van der Waals surface area (Å²) >= 11 is 0. The van der Waals surface area contributed by atoms with E-state index in [0.717, 1.165) is 25.0 Å². The second-order valence-corrected chi connectivity index (χ2v) is 9.72. The molecule has 9 heteroatoms. The molecule has 0 aliphatic heterocycles. The van der Waals surface area contributed by atoms with Crippen molar-refractivity contribution in [2.24, 2.45) is 0 Å². The van der Waals surface area contributed by atoms with Gasteiger partial charge in [0.25, 0.3) is 15.9 Å². The molecule has 176 valence electrons. The number of esters is 1. The van der Waals surface area contributed by atoms with Gasteiger partial charge in [-0.15, -0.1) is 0 Å². The van der Waals surface area contributed by atoms with Crippen LogP contribution in [0.2, 0.25) is 0 Å². The largest absolute Gasteiger partial charge is 0.444 e. The molecule has 4 rings (SSSR count). The number of amides is 1. The maximum Gasteiger partial charge on any atom is 0.339 e. The first kappa shape index (κ1) is 23.4. The first-order chi connectivity index (χ1) is 16.2. The molecule has 2 N–H and O–H groups in total. The van der Waals surface area contributed by atoms with Gasteiger partial charge < -0.3 is 10.1 Å². The van der Waals surface area contributed by atoms with Gasteiger partial charge >= 0.3 is 5.97 Å². The molecule has 0 aromatic heterocycles. The average molecular weight is 483 g/mol. The van der Waals surface area contributed by atoms with Crippen LogP contribution in [0.25, 0.3) is 0 Å². The molecule has 1 fully saturated rings. The van der Waals surface area contributed by atoms with E-state index < -0.39 is 33.8 Å². The Morgan fingerprint density at radius 1 is 1.00 bits per heavy atom. The van der Waals surface area contributed by atoms with Crippen LogP contribution in [0, 0.1) is 12.7 Å². The zero-order valence-electron chi connectivity index (χ0n) is 18.3. The molecule has 1 atom stereocenters. The number of benzene rings is 3. The molecule has 34 heavy (non-hydrogen) atoms. The fourth-order valence-corrected chi connectivity index (χ4v) is 4.40. The molecule has 0 heterocycles. The molecule has 0 unspecified atom stereocenters. The number of hydrogen-bond donors (Lipinski definition) is 2. The van der Waals surface area contributed by atoms with Gasteiger partial charge in [0.1, 0.15) is 5.82 Å². The Morgan fingerprint density at radius 2 is 1.68 bits per heavy atom. The van der Waals surface area contributed by atoms with Crippen molar-refractivity contribution in [2.75, 3.05) is 4.72 Å². The van der Waals surface area contributed by atoms with Crippen molar-refractivity contribution < 1.29 is 27.1 Å². The van der Waals surface area contributed by atoms with Gasteiger partial charge in [0, 0.05) is 11.6 Å².